The van der Waals surface area contributed by atoms with Crippen LogP contribution >= 0.6 is 0 Å². The van der Waals surface area contributed by atoms with E-state index >= 15 is 0 Å². The Kier molecular flexibility index (Phi) is 7.63. The van der Waals surface area contributed by atoms with Crippen LogP contribution in [-0.2, 0) is 14.4 Å². The number of carbonyl (C=O) groups excluding carboxylic acids is 3. The second-order valence-corrected chi connectivity index (χ2v) is 7.40. The summed E-state index contributed by atoms with van der Waals surface area (Å²) in [6, 6.07) is 0. The summed E-state index contributed by atoms with van der Waals surface area (Å²) >= 11 is 0. The van der Waals surface area contributed by atoms with E-state index in [1.54, 1.807) is 11.0 Å². The molecule has 0 bridgehead atoms. The van der Waals surface area contributed by atoms with E-state index < -0.39 is 0 Å². The van der Waals surface area contributed by atoms with Gasteiger partial charge in [-0.2, -0.15) is 0 Å². The number of carbonyl (C=O) groups is 3. The van der Waals surface area contributed by atoms with Crippen molar-refractivity contribution in [3.05, 3.63) is 58.2 Å². The molecule has 0 saturated heterocycles. The average Bonchev–Trinajstić information content (AvgIpc) is 2.94. The monoisotopic (exact) mass is 413 g/mol. The molecule has 162 valence electrons. The molecule has 0 aliphatic carbocycles. The summed E-state index contributed by atoms with van der Waals surface area (Å²) in [5.41, 5.74) is 15.4. The predicted octanol–water partition coefficient (Wildman–Crippen LogP) is 1.40. The van der Waals surface area contributed by atoms with Crippen LogP contribution in [-0.4, -0.2) is 47.7 Å². The van der Waals surface area contributed by atoms with Gasteiger partial charge in [-0.05, 0) is 50.8 Å². The molecular formula is C22H31N5O3. The summed E-state index contributed by atoms with van der Waals surface area (Å²) in [5, 5.41) is 2.60. The van der Waals surface area contributed by atoms with Crippen molar-refractivity contribution in [3.8, 4) is 0 Å². The summed E-state index contributed by atoms with van der Waals surface area (Å²) in [7, 11) is 1.45. The van der Waals surface area contributed by atoms with Crippen LogP contribution in [0.25, 0.3) is 0 Å². The summed E-state index contributed by atoms with van der Waals surface area (Å²) in [4.78, 5) is 39.6. The Morgan fingerprint density at radius 2 is 1.90 bits per heavy atom. The first-order valence-electron chi connectivity index (χ1n) is 10.1. The van der Waals surface area contributed by atoms with Crippen LogP contribution < -0.4 is 16.8 Å². The van der Waals surface area contributed by atoms with Crippen molar-refractivity contribution in [2.24, 2.45) is 11.5 Å². The third-order valence-electron chi connectivity index (χ3n) is 5.19. The van der Waals surface area contributed by atoms with Gasteiger partial charge in [0.25, 0.3) is 11.8 Å². The number of nitrogens with one attached hydrogen (secondary N) is 1. The molecule has 2 aliphatic rings. The van der Waals surface area contributed by atoms with Crippen LogP contribution in [0.2, 0.25) is 0 Å². The highest BCUT2D eigenvalue weighted by molar-refractivity contribution is 6.19. The quantitative estimate of drug-likeness (QED) is 0.428. The molecule has 8 nitrogen and oxygen atoms in total. The van der Waals surface area contributed by atoms with E-state index in [1.807, 2.05) is 26.0 Å². The van der Waals surface area contributed by atoms with Crippen molar-refractivity contribution in [1.82, 2.24) is 15.1 Å². The predicted molar refractivity (Wildman–Crippen MR) is 116 cm³/mol. The van der Waals surface area contributed by atoms with Crippen molar-refractivity contribution < 1.29 is 14.4 Å². The first kappa shape index (κ1) is 23.0. The lowest BCUT2D eigenvalue weighted by Gasteiger charge is -2.28. The zero-order valence-electron chi connectivity index (χ0n) is 18.1. The van der Waals surface area contributed by atoms with Gasteiger partial charge in [-0.25, -0.2) is 0 Å². The van der Waals surface area contributed by atoms with E-state index in [0.717, 1.165) is 16.9 Å². The van der Waals surface area contributed by atoms with Crippen LogP contribution in [0.15, 0.2) is 58.2 Å². The Hall–Kier alpha value is -3.29. The standard InChI is InChI=1S/C22H31N5O3/c1-5-14(3)12-15(6-2)17(23)9-10-18(24)25-19(28)13-27-11-7-8-16-20(27)22(30)26(4)21(16)29/h6,9-10,12H,5,7-8,11,13,23-24H2,1-4H3,(H,25,28)/b14-12-,15-6+,17-9-,18-10+. The van der Waals surface area contributed by atoms with Crippen molar-refractivity contribution in [2.45, 2.75) is 40.0 Å². The minimum atomic E-state index is -0.368. The smallest absolute Gasteiger partial charge is 0.277 e. The number of allylic oxidation sites excluding steroid dienone is 5. The average molecular weight is 414 g/mol. The van der Waals surface area contributed by atoms with Gasteiger partial charge in [-0.3, -0.25) is 19.3 Å². The van der Waals surface area contributed by atoms with Crippen LogP contribution in [0, 0.1) is 0 Å². The highest BCUT2D eigenvalue weighted by Gasteiger charge is 2.40. The summed E-state index contributed by atoms with van der Waals surface area (Å²) in [5.74, 6) is -0.873. The topological polar surface area (TPSA) is 122 Å². The maximum Gasteiger partial charge on any atom is 0.277 e. The Morgan fingerprint density at radius 3 is 2.53 bits per heavy atom. The van der Waals surface area contributed by atoms with E-state index in [1.165, 1.54) is 18.7 Å². The highest BCUT2D eigenvalue weighted by Crippen LogP contribution is 2.30. The number of nitrogens with two attached hydrogens (primary N) is 2. The van der Waals surface area contributed by atoms with Crippen LogP contribution in [0.1, 0.15) is 40.0 Å². The fourth-order valence-electron chi connectivity index (χ4n) is 3.34. The fourth-order valence-corrected chi connectivity index (χ4v) is 3.34. The SMILES string of the molecule is C/C=C(\C=C(\C)CC)C(/N)=C/C=C(\N)NC(=O)CN1CCCC2=C1C(=O)N(C)C2=O. The molecular weight excluding hydrogens is 382 g/mol. The van der Waals surface area contributed by atoms with Gasteiger partial charge in [0, 0.05) is 24.9 Å². The largest absolute Gasteiger partial charge is 0.398 e. The molecule has 0 spiro atoms. The number of nitrogens with zero attached hydrogens (tertiary/aromatic N) is 2. The molecule has 0 aromatic heterocycles. The van der Waals surface area contributed by atoms with Gasteiger partial charge in [-0.15, -0.1) is 0 Å². The molecule has 2 heterocycles. The summed E-state index contributed by atoms with van der Waals surface area (Å²) in [6.45, 7) is 6.48. The fraction of sp³-hybridized carbons (Fsp3) is 0.409. The van der Waals surface area contributed by atoms with E-state index in [2.05, 4.69) is 12.2 Å². The number of imide groups is 1. The summed E-state index contributed by atoms with van der Waals surface area (Å²) in [6.07, 6.45) is 9.27. The Morgan fingerprint density at radius 1 is 1.20 bits per heavy atom. The third-order valence-corrected chi connectivity index (χ3v) is 5.19. The van der Waals surface area contributed by atoms with Gasteiger partial charge >= 0.3 is 0 Å². The lowest BCUT2D eigenvalue weighted by Crippen LogP contribution is -2.41. The minimum absolute atomic E-state index is 0.0576. The van der Waals surface area contributed by atoms with E-state index in [-0.39, 0.29) is 30.1 Å². The van der Waals surface area contributed by atoms with Crippen molar-refractivity contribution in [1.29, 1.82) is 0 Å². The van der Waals surface area contributed by atoms with E-state index in [0.29, 0.717) is 36.4 Å². The highest BCUT2D eigenvalue weighted by atomic mass is 16.2. The Bertz CT molecular complexity index is 892. The van der Waals surface area contributed by atoms with E-state index in [4.69, 9.17) is 11.5 Å². The molecule has 0 aromatic carbocycles. The molecule has 0 unspecified atom stereocenters. The first-order chi connectivity index (χ1) is 14.2. The van der Waals surface area contributed by atoms with Crippen molar-refractivity contribution in [2.75, 3.05) is 20.1 Å². The first-order valence-corrected chi connectivity index (χ1v) is 10.1. The maximum absolute atomic E-state index is 12.4. The molecule has 0 fully saturated rings. The number of hydrogen-bond acceptors (Lipinski definition) is 6. The second kappa shape index (κ2) is 9.96. The molecule has 0 radical (unpaired) electrons. The number of rotatable bonds is 7. The molecule has 2 aliphatic heterocycles. The van der Waals surface area contributed by atoms with Gasteiger partial charge in [0.2, 0.25) is 5.91 Å². The maximum atomic E-state index is 12.4. The lowest BCUT2D eigenvalue weighted by molar-refractivity contribution is -0.136. The van der Waals surface area contributed by atoms with Gasteiger partial charge in [0.1, 0.15) is 11.5 Å². The van der Waals surface area contributed by atoms with Gasteiger partial charge < -0.3 is 21.7 Å². The van der Waals surface area contributed by atoms with Gasteiger partial charge in [0.05, 0.1) is 6.54 Å². The normalized spacial score (nSPS) is 18.9. The van der Waals surface area contributed by atoms with E-state index in [9.17, 15) is 14.4 Å². The molecule has 0 aromatic rings. The molecule has 3 amide bonds. The molecule has 0 saturated carbocycles. The molecule has 0 atom stereocenters. The van der Waals surface area contributed by atoms with Gasteiger partial charge in [0.15, 0.2) is 0 Å². The Balaban J connectivity index is 2.04. The van der Waals surface area contributed by atoms with Crippen molar-refractivity contribution in [3.63, 3.8) is 0 Å². The van der Waals surface area contributed by atoms with Crippen LogP contribution in [0.5, 0.6) is 0 Å². The molecule has 5 N–H and O–H groups in total. The second-order valence-electron chi connectivity index (χ2n) is 7.40. The zero-order chi connectivity index (χ0) is 22.4. The zero-order valence-corrected chi connectivity index (χ0v) is 18.1. The van der Waals surface area contributed by atoms with Crippen LogP contribution in [0.4, 0.5) is 0 Å². The van der Waals surface area contributed by atoms with Gasteiger partial charge in [-0.1, -0.05) is 24.6 Å². The third kappa shape index (κ3) is 5.20. The number of amides is 3. The number of hydrogen-bond donors (Lipinski definition) is 3. The summed E-state index contributed by atoms with van der Waals surface area (Å²) < 4.78 is 0. The van der Waals surface area contributed by atoms with Crippen molar-refractivity contribution >= 4 is 17.7 Å². The molecule has 8 heteroatoms. The minimum Gasteiger partial charge on any atom is -0.398 e. The molecule has 30 heavy (non-hydrogen) atoms. The Labute approximate surface area is 177 Å². The number of likely N-dealkylation sites (N-methyl/N-ethyl adjacent to an activating group) is 1. The molecule has 2 rings (SSSR count). The van der Waals surface area contributed by atoms with Crippen LogP contribution in [0.3, 0.4) is 0 Å². The lowest BCUT2D eigenvalue weighted by atomic mass is 10.0.